The molecule has 0 radical (unpaired) electrons. The Morgan fingerprint density at radius 1 is 0.912 bits per heavy atom. The quantitative estimate of drug-likeness (QED) is 0.297. The third-order valence-corrected chi connectivity index (χ3v) is 5.63. The van der Waals surface area contributed by atoms with E-state index in [2.05, 4.69) is 0 Å². The minimum atomic E-state index is -1.83. The van der Waals surface area contributed by atoms with Crippen molar-refractivity contribution in [1.82, 2.24) is 4.90 Å². The lowest BCUT2D eigenvalue weighted by Crippen LogP contribution is -2.47. The summed E-state index contributed by atoms with van der Waals surface area (Å²) in [5.74, 6) is -1.66. The molecule has 0 unspecified atom stereocenters. The fourth-order valence-corrected chi connectivity index (χ4v) is 3.92. The lowest BCUT2D eigenvalue weighted by molar-refractivity contribution is -0.145. The molecule has 1 heterocycles. The molecule has 3 aromatic rings. The number of nitrogens with zero attached hydrogens (tertiary/aromatic N) is 1. The van der Waals surface area contributed by atoms with Crippen LogP contribution >= 0.6 is 0 Å². The summed E-state index contributed by atoms with van der Waals surface area (Å²) in [6, 6.07) is 19.2. The minimum Gasteiger partial charge on any atom is -0.489 e. The normalized spacial score (nSPS) is 13.4. The van der Waals surface area contributed by atoms with Crippen LogP contribution in [-0.2, 0) is 22.6 Å². The molecule has 9 heteroatoms. The number of carbonyl (C=O) groups excluding carboxylic acids is 3. The molecular formula is C25H22BNO7. The third kappa shape index (κ3) is 4.57. The largest absolute Gasteiger partial charge is 0.492 e. The van der Waals surface area contributed by atoms with E-state index in [0.717, 1.165) is 10.5 Å². The second kappa shape index (κ2) is 9.90. The third-order valence-electron chi connectivity index (χ3n) is 5.63. The molecule has 34 heavy (non-hydrogen) atoms. The van der Waals surface area contributed by atoms with Crippen LogP contribution in [0, 0.1) is 0 Å². The van der Waals surface area contributed by atoms with E-state index in [4.69, 9.17) is 9.47 Å². The molecule has 1 atom stereocenters. The number of ether oxygens (including phenoxy) is 2. The van der Waals surface area contributed by atoms with Crippen molar-refractivity contribution in [2.75, 3.05) is 7.11 Å². The summed E-state index contributed by atoms with van der Waals surface area (Å²) < 4.78 is 10.6. The smallest absolute Gasteiger partial charge is 0.489 e. The van der Waals surface area contributed by atoms with E-state index >= 15 is 0 Å². The summed E-state index contributed by atoms with van der Waals surface area (Å²) in [6.45, 7) is 0.222. The Morgan fingerprint density at radius 3 is 2.12 bits per heavy atom. The topological polar surface area (TPSA) is 113 Å². The second-order valence-corrected chi connectivity index (χ2v) is 7.79. The maximum atomic E-state index is 12.9. The molecule has 0 aliphatic carbocycles. The van der Waals surface area contributed by atoms with Gasteiger partial charge in [-0.25, -0.2) is 4.79 Å². The van der Waals surface area contributed by atoms with Crippen molar-refractivity contribution in [2.45, 2.75) is 19.1 Å². The standard InChI is InChI=1S/C25H22BNO7/c1-33-25(30)21(27-23(28)18-9-5-6-10-19(18)24(27)29)14-17-11-12-22(20(13-17)26(31)32)34-15-16-7-3-2-4-8-16/h2-13,21,31-32H,14-15H2,1H3/t21-/m0/s1. The van der Waals surface area contributed by atoms with Crippen LogP contribution in [-0.4, -0.2) is 53.0 Å². The van der Waals surface area contributed by atoms with Gasteiger partial charge in [-0.3, -0.25) is 14.5 Å². The van der Waals surface area contributed by atoms with Gasteiger partial charge >= 0.3 is 13.1 Å². The molecule has 1 aliphatic rings. The molecule has 0 saturated heterocycles. The first kappa shape index (κ1) is 23.2. The summed E-state index contributed by atoms with van der Waals surface area (Å²) in [7, 11) is -0.654. The lowest BCUT2D eigenvalue weighted by Gasteiger charge is -2.24. The van der Waals surface area contributed by atoms with Gasteiger partial charge in [0.15, 0.2) is 0 Å². The summed E-state index contributed by atoms with van der Waals surface area (Å²) in [4.78, 5) is 39.3. The Hall–Kier alpha value is -3.95. The maximum absolute atomic E-state index is 12.9. The molecule has 0 fully saturated rings. The summed E-state index contributed by atoms with van der Waals surface area (Å²) >= 11 is 0. The number of fused-ring (bicyclic) bond motifs is 1. The lowest BCUT2D eigenvalue weighted by atomic mass is 9.78. The van der Waals surface area contributed by atoms with Crippen LogP contribution in [0.3, 0.4) is 0 Å². The molecule has 172 valence electrons. The second-order valence-electron chi connectivity index (χ2n) is 7.79. The van der Waals surface area contributed by atoms with Crippen molar-refractivity contribution in [3.63, 3.8) is 0 Å². The van der Waals surface area contributed by atoms with Crippen LogP contribution in [0.25, 0.3) is 0 Å². The van der Waals surface area contributed by atoms with E-state index < -0.39 is 30.9 Å². The highest BCUT2D eigenvalue weighted by molar-refractivity contribution is 6.59. The first-order chi connectivity index (χ1) is 16.4. The van der Waals surface area contributed by atoms with Crippen LogP contribution in [0.15, 0.2) is 72.8 Å². The van der Waals surface area contributed by atoms with Gasteiger partial charge in [0.2, 0.25) is 0 Å². The van der Waals surface area contributed by atoms with Gasteiger partial charge < -0.3 is 19.5 Å². The van der Waals surface area contributed by atoms with Crippen LogP contribution < -0.4 is 10.2 Å². The van der Waals surface area contributed by atoms with Crippen molar-refractivity contribution in [1.29, 1.82) is 0 Å². The van der Waals surface area contributed by atoms with E-state index in [1.165, 1.54) is 25.3 Å². The van der Waals surface area contributed by atoms with Gasteiger partial charge in [-0.1, -0.05) is 54.6 Å². The van der Waals surface area contributed by atoms with E-state index in [0.29, 0.717) is 5.56 Å². The Balaban J connectivity index is 1.60. The van der Waals surface area contributed by atoms with Gasteiger partial charge in [-0.2, -0.15) is 0 Å². The van der Waals surface area contributed by atoms with Crippen molar-refractivity contribution < 1.29 is 33.9 Å². The van der Waals surface area contributed by atoms with Crippen LogP contribution in [0.1, 0.15) is 31.8 Å². The molecule has 0 spiro atoms. The Bertz CT molecular complexity index is 1190. The molecule has 2 N–H and O–H groups in total. The summed E-state index contributed by atoms with van der Waals surface area (Å²) in [5.41, 5.74) is 1.93. The average Bonchev–Trinajstić information content (AvgIpc) is 3.11. The van der Waals surface area contributed by atoms with Crippen molar-refractivity contribution >= 4 is 30.4 Å². The van der Waals surface area contributed by atoms with Crippen molar-refractivity contribution in [2.24, 2.45) is 0 Å². The molecule has 0 aromatic heterocycles. The fourth-order valence-electron chi connectivity index (χ4n) is 3.92. The highest BCUT2D eigenvalue weighted by Gasteiger charge is 2.43. The van der Waals surface area contributed by atoms with Gasteiger partial charge in [0, 0.05) is 11.9 Å². The predicted octanol–water partition coefficient (Wildman–Crippen LogP) is 1.33. The molecule has 2 amide bonds. The molecule has 1 aliphatic heterocycles. The minimum absolute atomic E-state index is 0.0726. The highest BCUT2D eigenvalue weighted by atomic mass is 16.5. The number of hydrogen-bond acceptors (Lipinski definition) is 7. The molecule has 0 saturated carbocycles. The number of esters is 1. The summed E-state index contributed by atoms with van der Waals surface area (Å²) in [5, 5.41) is 19.8. The number of methoxy groups -OCH3 is 1. The Morgan fingerprint density at radius 2 is 1.53 bits per heavy atom. The van der Waals surface area contributed by atoms with Gasteiger partial charge in [0.1, 0.15) is 18.4 Å². The van der Waals surface area contributed by atoms with E-state index in [9.17, 15) is 24.4 Å². The fraction of sp³-hybridized carbons (Fsp3) is 0.160. The van der Waals surface area contributed by atoms with Crippen LogP contribution in [0.4, 0.5) is 0 Å². The molecular weight excluding hydrogens is 437 g/mol. The van der Waals surface area contributed by atoms with Crippen molar-refractivity contribution in [3.8, 4) is 5.75 Å². The molecule has 8 nitrogen and oxygen atoms in total. The SMILES string of the molecule is COC(=O)[C@H](Cc1ccc(OCc2ccccc2)c(B(O)O)c1)N1C(=O)c2ccccc2C1=O. The number of benzene rings is 3. The van der Waals surface area contributed by atoms with E-state index in [1.54, 1.807) is 24.3 Å². The first-order valence-electron chi connectivity index (χ1n) is 10.6. The molecule has 4 rings (SSSR count). The average molecular weight is 459 g/mol. The molecule has 3 aromatic carbocycles. The monoisotopic (exact) mass is 459 g/mol. The van der Waals surface area contributed by atoms with Crippen LogP contribution in [0.2, 0.25) is 0 Å². The number of imide groups is 1. The molecule has 0 bridgehead atoms. The zero-order chi connectivity index (χ0) is 24.2. The number of hydrogen-bond donors (Lipinski definition) is 2. The highest BCUT2D eigenvalue weighted by Crippen LogP contribution is 2.27. The van der Waals surface area contributed by atoms with Gasteiger partial charge in [0.05, 0.1) is 18.2 Å². The van der Waals surface area contributed by atoms with Gasteiger partial charge in [0.25, 0.3) is 11.8 Å². The number of amides is 2. The first-order valence-corrected chi connectivity index (χ1v) is 10.6. The number of carbonyl (C=O) groups is 3. The van der Waals surface area contributed by atoms with E-state index in [1.807, 2.05) is 30.3 Å². The predicted molar refractivity (Wildman–Crippen MR) is 123 cm³/mol. The van der Waals surface area contributed by atoms with E-state index in [-0.39, 0.29) is 35.4 Å². The Kier molecular flexibility index (Phi) is 6.76. The van der Waals surface area contributed by atoms with Gasteiger partial charge in [-0.05, 0) is 29.3 Å². The number of rotatable bonds is 8. The zero-order valence-electron chi connectivity index (χ0n) is 18.4. The van der Waals surface area contributed by atoms with Crippen LogP contribution in [0.5, 0.6) is 5.75 Å². The zero-order valence-corrected chi connectivity index (χ0v) is 18.4. The Labute approximate surface area is 196 Å². The maximum Gasteiger partial charge on any atom is 0.492 e. The van der Waals surface area contributed by atoms with Crippen molar-refractivity contribution in [3.05, 3.63) is 95.1 Å². The summed E-state index contributed by atoms with van der Waals surface area (Å²) in [6.07, 6.45) is -0.0726. The van der Waals surface area contributed by atoms with Gasteiger partial charge in [-0.15, -0.1) is 0 Å².